The molecule has 0 saturated heterocycles. The SMILES string of the molecule is c1ccc(-c2cc(-c3cccc(-n4c5ccccc5c5c6oc7ccccc7c6c6oc7ccccc7c6c54)c3)nc(-c3ccccc3)n2)cc1. The lowest BCUT2D eigenvalue weighted by Crippen LogP contribution is -1.98. The van der Waals surface area contributed by atoms with Crippen LogP contribution in [0.4, 0.5) is 0 Å². The Balaban J connectivity index is 1.24. The highest BCUT2D eigenvalue weighted by atomic mass is 16.3. The summed E-state index contributed by atoms with van der Waals surface area (Å²) >= 11 is 0. The van der Waals surface area contributed by atoms with Gasteiger partial charge in [0.05, 0.1) is 38.6 Å². The molecule has 0 aliphatic rings. The number of para-hydroxylation sites is 3. The zero-order valence-corrected chi connectivity index (χ0v) is 27.2. The highest BCUT2D eigenvalue weighted by Gasteiger charge is 2.26. The summed E-state index contributed by atoms with van der Waals surface area (Å²) in [5.41, 5.74) is 11.2. The minimum absolute atomic E-state index is 0.688. The summed E-state index contributed by atoms with van der Waals surface area (Å²) in [6, 6.07) is 56.3. The minimum atomic E-state index is 0.688. The van der Waals surface area contributed by atoms with Crippen LogP contribution in [0.1, 0.15) is 0 Å². The zero-order valence-electron chi connectivity index (χ0n) is 27.2. The third kappa shape index (κ3) is 4.15. The van der Waals surface area contributed by atoms with Crippen molar-refractivity contribution in [2.75, 3.05) is 0 Å². The molecule has 11 aromatic rings. The molecule has 51 heavy (non-hydrogen) atoms. The van der Waals surface area contributed by atoms with Crippen LogP contribution in [-0.2, 0) is 0 Å². The smallest absolute Gasteiger partial charge is 0.160 e. The number of fused-ring (bicyclic) bond motifs is 12. The van der Waals surface area contributed by atoms with Crippen molar-refractivity contribution >= 4 is 65.7 Å². The molecule has 5 heteroatoms. The van der Waals surface area contributed by atoms with E-state index in [1.165, 1.54) is 0 Å². The molecule has 7 aromatic carbocycles. The lowest BCUT2D eigenvalue weighted by molar-refractivity contribution is 0.665. The maximum atomic E-state index is 6.74. The topological polar surface area (TPSA) is 57.0 Å². The van der Waals surface area contributed by atoms with E-state index in [4.69, 9.17) is 18.8 Å². The fourth-order valence-electron chi connectivity index (χ4n) is 7.75. The van der Waals surface area contributed by atoms with E-state index in [0.717, 1.165) is 99.4 Å². The van der Waals surface area contributed by atoms with E-state index in [2.05, 4.69) is 108 Å². The summed E-state index contributed by atoms with van der Waals surface area (Å²) in [5, 5.41) is 6.38. The van der Waals surface area contributed by atoms with Crippen LogP contribution in [0.2, 0.25) is 0 Å². The summed E-state index contributed by atoms with van der Waals surface area (Å²) in [6.07, 6.45) is 0. The van der Waals surface area contributed by atoms with Crippen LogP contribution < -0.4 is 0 Å². The lowest BCUT2D eigenvalue weighted by Gasteiger charge is -2.12. The Bertz CT molecular complexity index is 3050. The molecule has 0 radical (unpaired) electrons. The van der Waals surface area contributed by atoms with E-state index in [1.807, 2.05) is 60.7 Å². The number of benzene rings is 7. The fourth-order valence-corrected chi connectivity index (χ4v) is 7.75. The maximum Gasteiger partial charge on any atom is 0.160 e. The van der Waals surface area contributed by atoms with Crippen LogP contribution in [0.15, 0.2) is 173 Å². The van der Waals surface area contributed by atoms with Crippen molar-refractivity contribution in [1.82, 2.24) is 14.5 Å². The lowest BCUT2D eigenvalue weighted by atomic mass is 10.0. The third-order valence-corrected chi connectivity index (χ3v) is 9.98. The van der Waals surface area contributed by atoms with Crippen molar-refractivity contribution in [3.05, 3.63) is 164 Å². The minimum Gasteiger partial charge on any atom is -0.455 e. The van der Waals surface area contributed by atoms with Gasteiger partial charge in [-0.3, -0.25) is 0 Å². The largest absolute Gasteiger partial charge is 0.455 e. The highest BCUT2D eigenvalue weighted by Crippen LogP contribution is 2.48. The predicted octanol–water partition coefficient (Wildman–Crippen LogP) is 12.4. The molecule has 4 aromatic heterocycles. The number of furan rings is 2. The molecular formula is C46H27N3O2. The van der Waals surface area contributed by atoms with Crippen molar-refractivity contribution in [2.45, 2.75) is 0 Å². The standard InChI is InChI=1S/C46H27N3O2/c1-3-14-28(15-4-1)35-27-36(48-46(47-35)29-16-5-2-6-17-29)30-18-13-19-31(26-30)49-37-23-10-7-20-32(37)40-43(49)41-33-21-8-11-24-38(33)50-45(41)42-34-22-9-12-25-39(34)51-44(40)42/h1-27H. The van der Waals surface area contributed by atoms with Gasteiger partial charge in [0.1, 0.15) is 22.3 Å². The normalized spacial score (nSPS) is 11.9. The van der Waals surface area contributed by atoms with E-state index in [9.17, 15) is 0 Å². The Morgan fingerprint density at radius 1 is 0.412 bits per heavy atom. The molecule has 0 unspecified atom stereocenters. The second-order valence-electron chi connectivity index (χ2n) is 12.9. The van der Waals surface area contributed by atoms with Gasteiger partial charge in [-0.15, -0.1) is 0 Å². The Morgan fingerprint density at radius 3 is 1.65 bits per heavy atom. The molecule has 0 N–H and O–H groups in total. The molecular weight excluding hydrogens is 627 g/mol. The molecule has 0 aliphatic carbocycles. The molecule has 238 valence electrons. The van der Waals surface area contributed by atoms with E-state index < -0.39 is 0 Å². The highest BCUT2D eigenvalue weighted by molar-refractivity contribution is 6.37. The Kier molecular flexibility index (Phi) is 5.89. The van der Waals surface area contributed by atoms with Gasteiger partial charge in [-0.2, -0.15) is 0 Å². The number of hydrogen-bond acceptors (Lipinski definition) is 4. The first-order chi connectivity index (χ1) is 25.3. The van der Waals surface area contributed by atoms with Crippen LogP contribution in [0.3, 0.4) is 0 Å². The first kappa shape index (κ1) is 27.9. The van der Waals surface area contributed by atoms with Gasteiger partial charge in [0.2, 0.25) is 0 Å². The molecule has 4 heterocycles. The van der Waals surface area contributed by atoms with Gasteiger partial charge in [-0.25, -0.2) is 9.97 Å². The van der Waals surface area contributed by atoms with Crippen molar-refractivity contribution in [3.63, 3.8) is 0 Å². The Hall–Kier alpha value is -6.98. The van der Waals surface area contributed by atoms with Gasteiger partial charge in [0, 0.05) is 38.5 Å². The monoisotopic (exact) mass is 653 g/mol. The first-order valence-electron chi connectivity index (χ1n) is 17.1. The van der Waals surface area contributed by atoms with E-state index in [-0.39, 0.29) is 0 Å². The van der Waals surface area contributed by atoms with Gasteiger partial charge >= 0.3 is 0 Å². The summed E-state index contributed by atoms with van der Waals surface area (Å²) in [6.45, 7) is 0. The summed E-state index contributed by atoms with van der Waals surface area (Å²) < 4.78 is 15.8. The van der Waals surface area contributed by atoms with Gasteiger partial charge in [-0.05, 0) is 36.4 Å². The third-order valence-electron chi connectivity index (χ3n) is 9.98. The van der Waals surface area contributed by atoms with Crippen LogP contribution >= 0.6 is 0 Å². The second-order valence-corrected chi connectivity index (χ2v) is 12.9. The average Bonchev–Trinajstić information content (AvgIpc) is 3.88. The molecule has 11 rings (SSSR count). The van der Waals surface area contributed by atoms with Crippen molar-refractivity contribution in [3.8, 4) is 39.6 Å². The van der Waals surface area contributed by atoms with E-state index >= 15 is 0 Å². The van der Waals surface area contributed by atoms with Gasteiger partial charge in [0.15, 0.2) is 5.82 Å². The Labute approximate surface area is 291 Å². The van der Waals surface area contributed by atoms with Gasteiger partial charge in [-0.1, -0.05) is 127 Å². The molecule has 0 bridgehead atoms. The molecule has 0 atom stereocenters. The molecule has 5 nitrogen and oxygen atoms in total. The van der Waals surface area contributed by atoms with Crippen molar-refractivity contribution in [2.24, 2.45) is 0 Å². The summed E-state index contributed by atoms with van der Waals surface area (Å²) in [7, 11) is 0. The maximum absolute atomic E-state index is 6.74. The fraction of sp³-hybridized carbons (Fsp3) is 0. The molecule has 0 spiro atoms. The number of nitrogens with zero attached hydrogens (tertiary/aromatic N) is 3. The molecule has 0 amide bonds. The van der Waals surface area contributed by atoms with Crippen molar-refractivity contribution < 1.29 is 8.83 Å². The Morgan fingerprint density at radius 2 is 0.941 bits per heavy atom. The van der Waals surface area contributed by atoms with E-state index in [1.54, 1.807) is 0 Å². The summed E-state index contributed by atoms with van der Waals surface area (Å²) in [4.78, 5) is 10.2. The molecule has 0 saturated carbocycles. The summed E-state index contributed by atoms with van der Waals surface area (Å²) in [5.74, 6) is 0.688. The average molecular weight is 654 g/mol. The van der Waals surface area contributed by atoms with Crippen LogP contribution in [0, 0.1) is 0 Å². The molecule has 0 fully saturated rings. The van der Waals surface area contributed by atoms with Crippen molar-refractivity contribution in [1.29, 1.82) is 0 Å². The van der Waals surface area contributed by atoms with Gasteiger partial charge in [0.25, 0.3) is 0 Å². The first-order valence-corrected chi connectivity index (χ1v) is 17.1. The van der Waals surface area contributed by atoms with Gasteiger partial charge < -0.3 is 13.4 Å². The van der Waals surface area contributed by atoms with E-state index in [0.29, 0.717) is 5.82 Å². The number of rotatable bonds is 4. The van der Waals surface area contributed by atoms with Crippen LogP contribution in [0.5, 0.6) is 0 Å². The van der Waals surface area contributed by atoms with Crippen LogP contribution in [0.25, 0.3) is 105 Å². The zero-order chi connectivity index (χ0) is 33.5. The van der Waals surface area contributed by atoms with Crippen LogP contribution in [-0.4, -0.2) is 14.5 Å². The predicted molar refractivity (Wildman–Crippen MR) is 207 cm³/mol. The quantitative estimate of drug-likeness (QED) is 0.190. The molecule has 0 aliphatic heterocycles. The number of hydrogen-bond donors (Lipinski definition) is 0. The second kappa shape index (κ2) is 10.8. The number of aromatic nitrogens is 3.